The van der Waals surface area contributed by atoms with Crippen molar-refractivity contribution in [2.45, 2.75) is 43.5 Å². The first-order valence-corrected chi connectivity index (χ1v) is 12.4. The summed E-state index contributed by atoms with van der Waals surface area (Å²) in [5, 5.41) is 31.8. The fraction of sp³-hybridized carbons (Fsp3) is 0.409. The van der Waals surface area contributed by atoms with Crippen molar-refractivity contribution in [1.29, 1.82) is 5.26 Å². The number of aliphatic hydroxyl groups is 2. The van der Waals surface area contributed by atoms with E-state index >= 15 is 0 Å². The number of phosphoric acid groups is 1. The maximum Gasteiger partial charge on any atom is 0.475 e. The Morgan fingerprint density at radius 1 is 1.37 bits per heavy atom. The molecule has 0 aliphatic carbocycles. The van der Waals surface area contributed by atoms with Crippen molar-refractivity contribution < 1.29 is 33.1 Å². The number of nitrogen functional groups attached to an aromatic ring is 1. The first kappa shape index (κ1) is 23.8. The molecule has 35 heavy (non-hydrogen) atoms. The van der Waals surface area contributed by atoms with Crippen molar-refractivity contribution >= 4 is 24.7 Å². The summed E-state index contributed by atoms with van der Waals surface area (Å²) in [5.74, 6) is 0.268. The Morgan fingerprint density at radius 2 is 2.17 bits per heavy atom. The van der Waals surface area contributed by atoms with Gasteiger partial charge in [0.2, 0.25) is 0 Å². The van der Waals surface area contributed by atoms with Crippen LogP contribution in [0.5, 0.6) is 0 Å². The molecule has 4 N–H and O–H groups in total. The second-order valence-electron chi connectivity index (χ2n) is 8.57. The number of nitriles is 1. The lowest BCUT2D eigenvalue weighted by Crippen LogP contribution is -2.44. The van der Waals surface area contributed by atoms with E-state index in [9.17, 15) is 20.0 Å². The average molecular weight is 501 g/mol. The molecule has 1 unspecified atom stereocenters. The molecule has 2 aliphatic heterocycles. The summed E-state index contributed by atoms with van der Waals surface area (Å²) in [5.41, 5.74) is 5.56. The van der Waals surface area contributed by atoms with Crippen LogP contribution in [-0.4, -0.2) is 55.8 Å². The van der Waals surface area contributed by atoms with Gasteiger partial charge in [0.05, 0.1) is 36.3 Å². The molecule has 2 aromatic heterocycles. The highest BCUT2D eigenvalue weighted by molar-refractivity contribution is 7.48. The zero-order valence-corrected chi connectivity index (χ0v) is 19.6. The van der Waals surface area contributed by atoms with Gasteiger partial charge in [-0.25, -0.2) is 14.5 Å². The van der Waals surface area contributed by atoms with Crippen molar-refractivity contribution in [3.8, 4) is 6.07 Å². The minimum Gasteiger partial charge on any atom is -0.387 e. The Kier molecular flexibility index (Phi) is 6.11. The minimum absolute atomic E-state index is 0.0899. The van der Waals surface area contributed by atoms with Crippen molar-refractivity contribution in [2.75, 3.05) is 18.9 Å². The van der Waals surface area contributed by atoms with Gasteiger partial charge in [0.25, 0.3) is 0 Å². The molecule has 0 spiro atoms. The van der Waals surface area contributed by atoms with E-state index in [1.165, 1.54) is 13.3 Å². The van der Waals surface area contributed by atoms with Crippen LogP contribution >= 0.6 is 7.82 Å². The molecular formula is C22H24N5O7P. The number of aliphatic hydroxyl groups excluding tert-OH is 1. The van der Waals surface area contributed by atoms with Crippen LogP contribution < -0.4 is 5.73 Å². The number of hydrogen-bond donors (Lipinski definition) is 3. The van der Waals surface area contributed by atoms with E-state index in [0.717, 1.165) is 0 Å². The smallest absolute Gasteiger partial charge is 0.387 e. The fourth-order valence-corrected chi connectivity index (χ4v) is 5.78. The van der Waals surface area contributed by atoms with Gasteiger partial charge in [-0.1, -0.05) is 18.2 Å². The Morgan fingerprint density at radius 3 is 2.97 bits per heavy atom. The summed E-state index contributed by atoms with van der Waals surface area (Å²) in [6.45, 7) is 1.13. The normalized spacial score (nSPS) is 33.1. The maximum atomic E-state index is 13.2. The summed E-state index contributed by atoms with van der Waals surface area (Å²) in [6.07, 6.45) is -0.852. The monoisotopic (exact) mass is 501 g/mol. The molecule has 0 bridgehead atoms. The lowest BCUT2D eigenvalue weighted by atomic mass is 9.96. The molecule has 0 radical (unpaired) electrons. The second-order valence-corrected chi connectivity index (χ2v) is 10.2. The largest absolute Gasteiger partial charge is 0.475 e. The quantitative estimate of drug-likeness (QED) is 0.437. The number of rotatable bonds is 5. The molecule has 0 saturated carbocycles. The lowest BCUT2D eigenvalue weighted by molar-refractivity contribution is -0.0950. The van der Waals surface area contributed by atoms with E-state index in [1.807, 2.05) is 0 Å². The number of nitrogens with two attached hydrogens (primary N) is 1. The Hall–Kier alpha value is -2.88. The molecule has 6 atom stereocenters. The van der Waals surface area contributed by atoms with Crippen LogP contribution in [0.15, 0.2) is 42.9 Å². The molecule has 1 aromatic carbocycles. The van der Waals surface area contributed by atoms with E-state index in [1.54, 1.807) is 41.1 Å². The lowest BCUT2D eigenvalue weighted by Gasteiger charge is -2.30. The SMILES string of the molecule is C[C@@]1(O)[C@H](O)[C@@H](COP2(=O)OCC[C@H](c3ccccc3C#N)O2)O[C@H]1n1ccc2c(N)ncnc21. The summed E-state index contributed by atoms with van der Waals surface area (Å²) in [7, 11) is -4.04. The molecule has 13 heteroatoms. The van der Waals surface area contributed by atoms with Gasteiger partial charge in [-0.05, 0) is 24.6 Å². The Balaban J connectivity index is 1.32. The van der Waals surface area contributed by atoms with Gasteiger partial charge in [0.1, 0.15) is 35.6 Å². The molecule has 4 heterocycles. The highest BCUT2D eigenvalue weighted by Crippen LogP contribution is 2.57. The summed E-state index contributed by atoms with van der Waals surface area (Å²) >= 11 is 0. The van der Waals surface area contributed by atoms with Gasteiger partial charge in [-0.3, -0.25) is 13.6 Å². The third-order valence-electron chi connectivity index (χ3n) is 6.26. The first-order chi connectivity index (χ1) is 16.7. The second kappa shape index (κ2) is 8.96. The third kappa shape index (κ3) is 4.22. The fourth-order valence-electron chi connectivity index (χ4n) is 4.39. The number of anilines is 1. The zero-order valence-electron chi connectivity index (χ0n) is 18.7. The molecule has 2 fully saturated rings. The Labute approximate surface area is 200 Å². The van der Waals surface area contributed by atoms with Crippen LogP contribution in [0.4, 0.5) is 5.82 Å². The number of nitrogens with zero attached hydrogens (tertiary/aromatic N) is 4. The highest BCUT2D eigenvalue weighted by atomic mass is 31.2. The number of benzene rings is 1. The molecule has 5 rings (SSSR count). The minimum atomic E-state index is -4.04. The van der Waals surface area contributed by atoms with Crippen LogP contribution in [0.1, 0.15) is 36.8 Å². The average Bonchev–Trinajstić information content (AvgIpc) is 3.37. The molecule has 2 aliphatic rings. The van der Waals surface area contributed by atoms with Crippen LogP contribution in [0.3, 0.4) is 0 Å². The van der Waals surface area contributed by atoms with E-state index in [-0.39, 0.29) is 19.0 Å². The summed E-state index contributed by atoms with van der Waals surface area (Å²) in [6, 6.07) is 10.6. The number of fused-ring (bicyclic) bond motifs is 1. The van der Waals surface area contributed by atoms with Crippen LogP contribution in [0.25, 0.3) is 11.0 Å². The molecule has 0 amide bonds. The van der Waals surface area contributed by atoms with E-state index in [4.69, 9.17) is 24.0 Å². The molecule has 12 nitrogen and oxygen atoms in total. The van der Waals surface area contributed by atoms with Gasteiger partial charge >= 0.3 is 7.82 Å². The predicted molar refractivity (Wildman–Crippen MR) is 122 cm³/mol. The molecule has 3 aromatic rings. The van der Waals surface area contributed by atoms with Gasteiger partial charge in [0, 0.05) is 12.6 Å². The van der Waals surface area contributed by atoms with Gasteiger partial charge in [-0.15, -0.1) is 0 Å². The van der Waals surface area contributed by atoms with Crippen LogP contribution in [0.2, 0.25) is 0 Å². The highest BCUT2D eigenvalue weighted by Gasteiger charge is 2.54. The number of phosphoric ester groups is 1. The summed E-state index contributed by atoms with van der Waals surface area (Å²) < 4.78 is 37.1. The van der Waals surface area contributed by atoms with Crippen molar-refractivity contribution in [1.82, 2.24) is 14.5 Å². The third-order valence-corrected chi connectivity index (χ3v) is 7.73. The van der Waals surface area contributed by atoms with Crippen molar-refractivity contribution in [2.24, 2.45) is 0 Å². The number of aromatic nitrogens is 3. The maximum absolute atomic E-state index is 13.2. The van der Waals surface area contributed by atoms with E-state index < -0.39 is 38.0 Å². The van der Waals surface area contributed by atoms with Crippen LogP contribution in [0, 0.1) is 11.3 Å². The molecular weight excluding hydrogens is 477 g/mol. The number of hydrogen-bond acceptors (Lipinski definition) is 11. The predicted octanol–water partition coefficient (Wildman–Crippen LogP) is 2.20. The van der Waals surface area contributed by atoms with Crippen LogP contribution in [-0.2, 0) is 22.9 Å². The molecule has 2 saturated heterocycles. The zero-order chi connectivity index (χ0) is 24.8. The van der Waals surface area contributed by atoms with Crippen molar-refractivity contribution in [3.63, 3.8) is 0 Å². The first-order valence-electron chi connectivity index (χ1n) is 10.9. The van der Waals surface area contributed by atoms with Crippen molar-refractivity contribution in [3.05, 3.63) is 54.0 Å². The number of ether oxygens (including phenoxy) is 1. The Bertz CT molecular complexity index is 1340. The van der Waals surface area contributed by atoms with Gasteiger partial charge in [-0.2, -0.15) is 5.26 Å². The van der Waals surface area contributed by atoms with E-state index in [0.29, 0.717) is 28.6 Å². The van der Waals surface area contributed by atoms with Gasteiger partial charge < -0.3 is 25.3 Å². The molecule has 184 valence electrons. The standard InChI is InChI=1S/C22H24N5O7P/c1-22(29)18(28)17(33-21(22)27-8-6-15-19(24)25-12-26-20(15)27)11-32-35(30)31-9-7-16(34-35)14-5-3-2-4-13(14)10-23/h2-6,8,12,16-18,21,28-29H,7,9,11H2,1H3,(H2,24,25,26)/t16-,17-,18-,21-,22-,35?/m1/s1. The summed E-state index contributed by atoms with van der Waals surface area (Å²) in [4.78, 5) is 8.15. The van der Waals surface area contributed by atoms with Gasteiger partial charge in [0.15, 0.2) is 6.23 Å². The van der Waals surface area contributed by atoms with E-state index in [2.05, 4.69) is 16.0 Å². The topological polar surface area (TPSA) is 175 Å².